The molecule has 2 aromatic carbocycles. The molecule has 0 bridgehead atoms. The van der Waals surface area contributed by atoms with E-state index < -0.39 is 54.8 Å². The summed E-state index contributed by atoms with van der Waals surface area (Å²) in [7, 11) is 4.45. The number of methoxy groups -OCH3 is 3. The van der Waals surface area contributed by atoms with Crippen LogP contribution in [0.5, 0.6) is 23.0 Å². The second-order valence-corrected chi connectivity index (χ2v) is 9.59. The molecule has 0 radical (unpaired) electrons. The molecule has 0 amide bonds. The van der Waals surface area contributed by atoms with Crippen LogP contribution in [0.4, 0.5) is 0 Å². The molecule has 4 rings (SSSR count). The summed E-state index contributed by atoms with van der Waals surface area (Å²) in [5.41, 5.74) is -0.431. The molecule has 0 saturated carbocycles. The summed E-state index contributed by atoms with van der Waals surface area (Å²) in [6, 6.07) is 10.1. The number of rotatable bonds is 10. The van der Waals surface area contributed by atoms with Gasteiger partial charge in [-0.1, -0.05) is 12.1 Å². The van der Waals surface area contributed by atoms with E-state index in [2.05, 4.69) is 0 Å². The van der Waals surface area contributed by atoms with Gasteiger partial charge in [0.05, 0.1) is 34.5 Å². The zero-order valence-electron chi connectivity index (χ0n) is 21.9. The lowest BCUT2D eigenvalue weighted by Gasteiger charge is -2.39. The molecule has 12 nitrogen and oxygen atoms in total. The first-order valence-corrected chi connectivity index (χ1v) is 12.4. The van der Waals surface area contributed by atoms with Crippen molar-refractivity contribution in [2.75, 3.05) is 34.5 Å². The minimum Gasteiger partial charge on any atom is -0.493 e. The molecular weight excluding hydrogens is 516 g/mol. The number of hydrogen-bond acceptors (Lipinski definition) is 12. The Morgan fingerprint density at radius 1 is 0.872 bits per heavy atom. The van der Waals surface area contributed by atoms with Gasteiger partial charge < -0.3 is 54.0 Å². The lowest BCUT2D eigenvalue weighted by molar-refractivity contribution is -0.277. The van der Waals surface area contributed by atoms with Crippen LogP contribution < -0.4 is 18.9 Å². The van der Waals surface area contributed by atoms with E-state index in [1.165, 1.54) is 27.4 Å². The van der Waals surface area contributed by atoms with Gasteiger partial charge in [-0.2, -0.15) is 0 Å². The van der Waals surface area contributed by atoms with Crippen molar-refractivity contribution < 1.29 is 58.7 Å². The van der Waals surface area contributed by atoms with E-state index in [0.717, 1.165) is 5.56 Å². The normalized spacial score (nSPS) is 30.5. The summed E-state index contributed by atoms with van der Waals surface area (Å²) >= 11 is 0. The number of ether oxygens (including phenoxy) is 6. The van der Waals surface area contributed by atoms with Crippen LogP contribution in [0.1, 0.15) is 11.1 Å². The highest BCUT2D eigenvalue weighted by atomic mass is 16.7. The number of carbonyl (C=O) groups is 1. The number of esters is 1. The first kappa shape index (κ1) is 28.9. The van der Waals surface area contributed by atoms with Crippen LogP contribution in [0, 0.1) is 5.92 Å². The van der Waals surface area contributed by atoms with Gasteiger partial charge in [0.15, 0.2) is 28.6 Å². The van der Waals surface area contributed by atoms with Gasteiger partial charge in [-0.05, 0) is 41.8 Å². The summed E-state index contributed by atoms with van der Waals surface area (Å²) in [5, 5.41) is 51.2. The van der Waals surface area contributed by atoms with Gasteiger partial charge in [0.1, 0.15) is 24.4 Å². The molecule has 2 heterocycles. The lowest BCUT2D eigenvalue weighted by atomic mass is 9.81. The molecule has 6 unspecified atom stereocenters. The van der Waals surface area contributed by atoms with Gasteiger partial charge >= 0.3 is 5.97 Å². The van der Waals surface area contributed by atoms with Crippen molar-refractivity contribution in [1.82, 2.24) is 0 Å². The predicted molar refractivity (Wildman–Crippen MR) is 134 cm³/mol. The van der Waals surface area contributed by atoms with Crippen LogP contribution in [-0.4, -0.2) is 102 Å². The molecule has 0 aromatic heterocycles. The summed E-state index contributed by atoms with van der Waals surface area (Å²) in [6.07, 6.45) is -6.98. The van der Waals surface area contributed by atoms with E-state index in [1.54, 1.807) is 24.3 Å². The minimum atomic E-state index is -1.81. The minimum absolute atomic E-state index is 0.0408. The Balaban J connectivity index is 1.52. The largest absolute Gasteiger partial charge is 0.493 e. The molecule has 12 heteroatoms. The van der Waals surface area contributed by atoms with Crippen molar-refractivity contribution in [2.24, 2.45) is 5.92 Å². The smallest absolute Gasteiger partial charge is 0.338 e. The summed E-state index contributed by atoms with van der Waals surface area (Å²) in [5.74, 6) is 0.161. The van der Waals surface area contributed by atoms with Crippen molar-refractivity contribution >= 4 is 5.97 Å². The first-order chi connectivity index (χ1) is 18.6. The van der Waals surface area contributed by atoms with Gasteiger partial charge in [0.2, 0.25) is 6.29 Å². The highest BCUT2D eigenvalue weighted by Gasteiger charge is 2.51. The molecule has 2 aliphatic rings. The van der Waals surface area contributed by atoms with Crippen molar-refractivity contribution in [3.63, 3.8) is 0 Å². The topological polar surface area (TPSA) is 174 Å². The predicted octanol–water partition coefficient (Wildman–Crippen LogP) is -0.420. The molecule has 2 saturated heterocycles. The molecule has 0 aliphatic carbocycles. The van der Waals surface area contributed by atoms with E-state index in [4.69, 9.17) is 28.4 Å². The molecule has 2 fully saturated rings. The number of carbonyl (C=O) groups excluding carboxylic acids is 1. The van der Waals surface area contributed by atoms with Crippen molar-refractivity contribution in [3.8, 4) is 23.0 Å². The molecule has 5 N–H and O–H groups in total. The standard InChI is InChI=1S/C27H34O12/c1-34-17-6-4-14(9-19(17)35-2)8-16-13-37-26(32)27(16,33)11-15-5-7-18(20(10-15)36-3)38-25-24(31)23(30)22(29)21(12-28)39-25/h4-7,9-10,16,21-25,28-31,33H,8,11-13H2,1-3H3/t16?,21?,22?,23?,24?,25?,27-/m0/s1. The van der Waals surface area contributed by atoms with Gasteiger partial charge in [0.25, 0.3) is 0 Å². The van der Waals surface area contributed by atoms with Gasteiger partial charge in [-0.15, -0.1) is 0 Å². The van der Waals surface area contributed by atoms with E-state index in [1.807, 2.05) is 6.07 Å². The fourth-order valence-corrected chi connectivity index (χ4v) is 4.86. The van der Waals surface area contributed by atoms with E-state index in [-0.39, 0.29) is 24.5 Å². The number of cyclic esters (lactones) is 1. The van der Waals surface area contributed by atoms with E-state index >= 15 is 0 Å². The maximum atomic E-state index is 12.7. The second-order valence-electron chi connectivity index (χ2n) is 9.59. The van der Waals surface area contributed by atoms with Crippen LogP contribution >= 0.6 is 0 Å². The zero-order chi connectivity index (χ0) is 28.3. The monoisotopic (exact) mass is 550 g/mol. The quantitative estimate of drug-likeness (QED) is 0.242. The Labute approximate surface area is 225 Å². The van der Waals surface area contributed by atoms with E-state index in [0.29, 0.717) is 23.5 Å². The molecule has 2 aromatic rings. The maximum Gasteiger partial charge on any atom is 0.338 e. The molecule has 0 spiro atoms. The number of hydrogen-bond donors (Lipinski definition) is 5. The average Bonchev–Trinajstić information content (AvgIpc) is 3.21. The summed E-state index contributed by atoms with van der Waals surface area (Å²) in [6.45, 7) is -0.556. The maximum absolute atomic E-state index is 12.7. The Hall–Kier alpha value is -3.13. The fraction of sp³-hybridized carbons (Fsp3) is 0.519. The highest BCUT2D eigenvalue weighted by Crippen LogP contribution is 2.38. The zero-order valence-corrected chi connectivity index (χ0v) is 21.9. The van der Waals surface area contributed by atoms with Crippen LogP contribution in [0.2, 0.25) is 0 Å². The van der Waals surface area contributed by atoms with Gasteiger partial charge in [0, 0.05) is 12.3 Å². The Kier molecular flexibility index (Phi) is 8.84. The molecule has 39 heavy (non-hydrogen) atoms. The summed E-state index contributed by atoms with van der Waals surface area (Å²) < 4.78 is 32.4. The van der Waals surface area contributed by atoms with Gasteiger partial charge in [-0.3, -0.25) is 0 Å². The SMILES string of the molecule is COc1ccc(CC2COC(=O)[C@]2(O)Cc2ccc(OC3OC(CO)C(O)C(O)C3O)c(OC)c2)cc1OC. The molecule has 2 aliphatic heterocycles. The third-order valence-electron chi connectivity index (χ3n) is 7.17. The summed E-state index contributed by atoms with van der Waals surface area (Å²) in [4.78, 5) is 12.7. The van der Waals surface area contributed by atoms with E-state index in [9.17, 15) is 30.3 Å². The third-order valence-corrected chi connectivity index (χ3v) is 7.17. The van der Waals surface area contributed by atoms with Crippen LogP contribution in [-0.2, 0) is 27.1 Å². The van der Waals surface area contributed by atoms with Crippen molar-refractivity contribution in [1.29, 1.82) is 0 Å². The average molecular weight is 551 g/mol. The number of aliphatic hydroxyl groups excluding tert-OH is 4. The lowest BCUT2D eigenvalue weighted by Crippen LogP contribution is -2.60. The van der Waals surface area contributed by atoms with Crippen LogP contribution in [0.15, 0.2) is 36.4 Å². The Morgan fingerprint density at radius 3 is 2.15 bits per heavy atom. The number of aliphatic hydroxyl groups is 5. The molecule has 7 atom stereocenters. The second kappa shape index (κ2) is 11.9. The van der Waals surface area contributed by atoms with Crippen LogP contribution in [0.25, 0.3) is 0 Å². The van der Waals surface area contributed by atoms with Crippen molar-refractivity contribution in [2.45, 2.75) is 49.1 Å². The first-order valence-electron chi connectivity index (χ1n) is 12.4. The molecular formula is C27H34O12. The Bertz CT molecular complexity index is 1150. The highest BCUT2D eigenvalue weighted by molar-refractivity contribution is 5.82. The Morgan fingerprint density at radius 2 is 1.49 bits per heavy atom. The molecule has 214 valence electrons. The van der Waals surface area contributed by atoms with Crippen LogP contribution in [0.3, 0.4) is 0 Å². The fourth-order valence-electron chi connectivity index (χ4n) is 4.86. The third kappa shape index (κ3) is 5.76. The van der Waals surface area contributed by atoms with Gasteiger partial charge in [-0.25, -0.2) is 4.79 Å². The number of benzene rings is 2. The van der Waals surface area contributed by atoms with Crippen molar-refractivity contribution in [3.05, 3.63) is 47.5 Å².